The van der Waals surface area contributed by atoms with Crippen molar-refractivity contribution < 1.29 is 4.79 Å². The minimum absolute atomic E-state index is 0.00232. The van der Waals surface area contributed by atoms with Gasteiger partial charge in [-0.25, -0.2) is 4.98 Å². The third-order valence-electron chi connectivity index (χ3n) is 2.67. The number of amides is 1. The van der Waals surface area contributed by atoms with E-state index in [1.165, 1.54) is 11.3 Å². The number of hydrogen-bond donors (Lipinski definition) is 1. The third kappa shape index (κ3) is 2.92. The fraction of sp³-hybridized carbons (Fsp3) is 0.308. The molecule has 0 spiro atoms. The van der Waals surface area contributed by atoms with E-state index in [0.717, 1.165) is 17.0 Å². The topological polar surface area (TPSA) is 54.9 Å². The van der Waals surface area contributed by atoms with Crippen LogP contribution in [0.15, 0.2) is 29.9 Å². The number of aryl methyl sites for hydroxylation is 1. The molecule has 0 aromatic carbocycles. The summed E-state index contributed by atoms with van der Waals surface area (Å²) in [6.07, 6.45) is 4.30. The molecule has 0 aliphatic carbocycles. The lowest BCUT2D eigenvalue weighted by molar-refractivity contribution is 0.0931. The predicted octanol–water partition coefficient (Wildman–Crippen LogP) is 2.73. The number of rotatable bonds is 4. The van der Waals surface area contributed by atoms with Crippen molar-refractivity contribution in [3.8, 4) is 0 Å². The maximum Gasteiger partial charge on any atom is 0.271 e. The number of thiazole rings is 1. The molecule has 2 aromatic heterocycles. The smallest absolute Gasteiger partial charge is 0.271 e. The molecule has 94 valence electrons. The molecule has 0 aliphatic rings. The largest absolute Gasteiger partial charge is 0.344 e. The Kier molecular flexibility index (Phi) is 4.04. The molecule has 0 saturated heterocycles. The van der Waals surface area contributed by atoms with E-state index in [-0.39, 0.29) is 11.9 Å². The van der Waals surface area contributed by atoms with Gasteiger partial charge in [0.15, 0.2) is 0 Å². The second kappa shape index (κ2) is 5.73. The van der Waals surface area contributed by atoms with Crippen LogP contribution in [0.4, 0.5) is 0 Å². The highest BCUT2D eigenvalue weighted by molar-refractivity contribution is 7.09. The Morgan fingerprint density at radius 3 is 2.72 bits per heavy atom. The highest BCUT2D eigenvalue weighted by Crippen LogP contribution is 2.16. The van der Waals surface area contributed by atoms with Crippen molar-refractivity contribution >= 4 is 17.2 Å². The number of aromatic nitrogens is 2. The summed E-state index contributed by atoms with van der Waals surface area (Å²) < 4.78 is 0. The zero-order valence-corrected chi connectivity index (χ0v) is 11.2. The summed E-state index contributed by atoms with van der Waals surface area (Å²) in [6, 6.07) is 3.84. The second-order valence-corrected chi connectivity index (χ2v) is 5.03. The van der Waals surface area contributed by atoms with Crippen molar-refractivity contribution in [3.05, 3.63) is 46.2 Å². The van der Waals surface area contributed by atoms with Crippen LogP contribution in [0.3, 0.4) is 0 Å². The second-order valence-electron chi connectivity index (χ2n) is 3.97. The molecule has 1 N–H and O–H groups in total. The van der Waals surface area contributed by atoms with E-state index < -0.39 is 0 Å². The Morgan fingerprint density at radius 1 is 1.44 bits per heavy atom. The van der Waals surface area contributed by atoms with Gasteiger partial charge in [-0.3, -0.25) is 9.78 Å². The van der Waals surface area contributed by atoms with Crippen molar-refractivity contribution in [2.24, 2.45) is 0 Å². The first-order valence-electron chi connectivity index (χ1n) is 5.83. The summed E-state index contributed by atoms with van der Waals surface area (Å²) in [6.45, 7) is 3.93. The molecule has 0 fully saturated rings. The number of nitrogens with one attached hydrogen (secondary N) is 1. The molecule has 0 saturated carbocycles. The van der Waals surface area contributed by atoms with E-state index in [4.69, 9.17) is 0 Å². The van der Waals surface area contributed by atoms with E-state index in [9.17, 15) is 4.79 Å². The Hall–Kier alpha value is -1.75. The number of carbonyl (C=O) groups is 1. The first kappa shape index (κ1) is 12.7. The van der Waals surface area contributed by atoms with Crippen LogP contribution in [0, 0.1) is 6.92 Å². The van der Waals surface area contributed by atoms with Gasteiger partial charge in [0.05, 0.1) is 11.0 Å². The highest BCUT2D eigenvalue weighted by Gasteiger charge is 2.15. The number of nitrogens with zero attached hydrogens (tertiary/aromatic N) is 2. The molecule has 2 heterocycles. The standard InChI is InChI=1S/C13H15N3OS/c1-3-11(10-4-6-14-7-5-10)16-13(17)12-8-18-9(2)15-12/h4-8,11H,3H2,1-2H3,(H,16,17). The molecule has 18 heavy (non-hydrogen) atoms. The molecular formula is C13H15N3OS. The zero-order valence-electron chi connectivity index (χ0n) is 10.4. The van der Waals surface area contributed by atoms with Crippen molar-refractivity contribution in [2.45, 2.75) is 26.3 Å². The van der Waals surface area contributed by atoms with E-state index in [1.807, 2.05) is 26.0 Å². The van der Waals surface area contributed by atoms with Crippen molar-refractivity contribution in [1.82, 2.24) is 15.3 Å². The predicted molar refractivity (Wildman–Crippen MR) is 71.6 cm³/mol. The molecule has 0 bridgehead atoms. The summed E-state index contributed by atoms with van der Waals surface area (Å²) >= 11 is 1.48. The molecule has 1 atom stereocenters. The van der Waals surface area contributed by atoms with Crippen LogP contribution in [0.2, 0.25) is 0 Å². The van der Waals surface area contributed by atoms with Crippen LogP contribution in [-0.2, 0) is 0 Å². The fourth-order valence-electron chi connectivity index (χ4n) is 1.72. The molecule has 4 nitrogen and oxygen atoms in total. The van der Waals surface area contributed by atoms with Crippen LogP contribution in [0.25, 0.3) is 0 Å². The maximum atomic E-state index is 12.0. The van der Waals surface area contributed by atoms with Crippen molar-refractivity contribution in [1.29, 1.82) is 0 Å². The maximum absolute atomic E-state index is 12.0. The molecule has 0 aliphatic heterocycles. The van der Waals surface area contributed by atoms with Gasteiger partial charge in [0.1, 0.15) is 5.69 Å². The molecule has 2 aromatic rings. The van der Waals surface area contributed by atoms with Gasteiger partial charge in [-0.05, 0) is 31.0 Å². The van der Waals surface area contributed by atoms with Crippen LogP contribution in [0.5, 0.6) is 0 Å². The summed E-state index contributed by atoms with van der Waals surface area (Å²) in [5.41, 5.74) is 1.55. The first-order chi connectivity index (χ1) is 8.70. The van der Waals surface area contributed by atoms with Gasteiger partial charge in [0, 0.05) is 17.8 Å². The normalized spacial score (nSPS) is 12.1. The average Bonchev–Trinajstić information content (AvgIpc) is 2.83. The molecule has 0 radical (unpaired) electrons. The van der Waals surface area contributed by atoms with E-state index in [2.05, 4.69) is 15.3 Å². The van der Waals surface area contributed by atoms with Gasteiger partial charge in [-0.2, -0.15) is 0 Å². The van der Waals surface area contributed by atoms with Crippen LogP contribution < -0.4 is 5.32 Å². The number of hydrogen-bond acceptors (Lipinski definition) is 4. The summed E-state index contributed by atoms with van der Waals surface area (Å²) in [4.78, 5) is 20.2. The minimum atomic E-state index is -0.122. The Bertz CT molecular complexity index is 524. The lowest BCUT2D eigenvalue weighted by atomic mass is 10.1. The van der Waals surface area contributed by atoms with E-state index >= 15 is 0 Å². The SMILES string of the molecule is CCC(NC(=O)c1csc(C)n1)c1ccncc1. The quantitative estimate of drug-likeness (QED) is 0.920. The van der Waals surface area contributed by atoms with Gasteiger partial charge >= 0.3 is 0 Å². The highest BCUT2D eigenvalue weighted by atomic mass is 32.1. The van der Waals surface area contributed by atoms with Crippen LogP contribution >= 0.6 is 11.3 Å². The fourth-order valence-corrected chi connectivity index (χ4v) is 2.31. The van der Waals surface area contributed by atoms with Crippen molar-refractivity contribution in [3.63, 3.8) is 0 Å². The molecule has 2 rings (SSSR count). The van der Waals surface area contributed by atoms with Gasteiger partial charge in [-0.1, -0.05) is 6.92 Å². The van der Waals surface area contributed by atoms with Gasteiger partial charge in [-0.15, -0.1) is 11.3 Å². The lowest BCUT2D eigenvalue weighted by Gasteiger charge is -2.16. The van der Waals surface area contributed by atoms with Crippen molar-refractivity contribution in [2.75, 3.05) is 0 Å². The monoisotopic (exact) mass is 261 g/mol. The van der Waals surface area contributed by atoms with E-state index in [1.54, 1.807) is 17.8 Å². The minimum Gasteiger partial charge on any atom is -0.344 e. The van der Waals surface area contributed by atoms with E-state index in [0.29, 0.717) is 5.69 Å². The Balaban J connectivity index is 2.10. The molecule has 5 heteroatoms. The lowest BCUT2D eigenvalue weighted by Crippen LogP contribution is -2.28. The average molecular weight is 261 g/mol. The van der Waals surface area contributed by atoms with Crippen LogP contribution in [-0.4, -0.2) is 15.9 Å². The molecular weight excluding hydrogens is 246 g/mol. The zero-order chi connectivity index (χ0) is 13.0. The van der Waals surface area contributed by atoms with Gasteiger partial charge < -0.3 is 5.32 Å². The van der Waals surface area contributed by atoms with Gasteiger partial charge in [0.25, 0.3) is 5.91 Å². The Labute approximate surface area is 110 Å². The molecule has 1 unspecified atom stereocenters. The Morgan fingerprint density at radius 2 is 2.17 bits per heavy atom. The number of pyridine rings is 1. The molecule has 1 amide bonds. The summed E-state index contributed by atoms with van der Waals surface area (Å²) in [5, 5.41) is 5.67. The summed E-state index contributed by atoms with van der Waals surface area (Å²) in [7, 11) is 0. The third-order valence-corrected chi connectivity index (χ3v) is 3.45. The first-order valence-corrected chi connectivity index (χ1v) is 6.71. The number of carbonyl (C=O) groups excluding carboxylic acids is 1. The summed E-state index contributed by atoms with van der Waals surface area (Å²) in [5.74, 6) is -0.122. The van der Waals surface area contributed by atoms with Crippen LogP contribution in [0.1, 0.15) is 40.4 Å². The van der Waals surface area contributed by atoms with Gasteiger partial charge in [0.2, 0.25) is 0 Å².